The van der Waals surface area contributed by atoms with Crippen molar-refractivity contribution in [2.75, 3.05) is 118 Å². The van der Waals surface area contributed by atoms with Crippen molar-refractivity contribution in [1.82, 2.24) is 4.72 Å². The number of ketones is 1. The van der Waals surface area contributed by atoms with Crippen LogP contribution < -0.4 is 15.8 Å². The first-order valence-electron chi connectivity index (χ1n) is 19.5. The molecule has 1 aliphatic carbocycles. The number of ether oxygens (including phenoxy) is 8. The fraction of sp³-hybridized carbons (Fsp3) is 0.475. The average molecular weight is 912 g/mol. The zero-order valence-electron chi connectivity index (χ0n) is 34.3. The molecule has 0 fully saturated rings. The maximum absolute atomic E-state index is 13.7. The van der Waals surface area contributed by atoms with Crippen LogP contribution in [-0.2, 0) is 62.8 Å². The van der Waals surface area contributed by atoms with E-state index in [-0.39, 0.29) is 66.4 Å². The van der Waals surface area contributed by atoms with E-state index in [1.807, 2.05) is 0 Å². The smallest absolute Gasteiger partial charge is 0.336 e. The van der Waals surface area contributed by atoms with E-state index in [0.29, 0.717) is 85.7 Å². The molecule has 22 heteroatoms. The van der Waals surface area contributed by atoms with Gasteiger partial charge in [-0.1, -0.05) is 18.2 Å². The maximum Gasteiger partial charge on any atom is 0.336 e. The van der Waals surface area contributed by atoms with Crippen LogP contribution in [0.4, 0.5) is 5.69 Å². The van der Waals surface area contributed by atoms with Gasteiger partial charge in [0.25, 0.3) is 10.1 Å². The number of sulfonamides is 1. The molecule has 0 bridgehead atoms. The number of carboxylic acids is 1. The summed E-state index contributed by atoms with van der Waals surface area (Å²) >= 11 is 0. The SMILES string of the molecule is CC(=O)CCOCCOCCOCCOCCOCCOCCOCCOCCNS(=O)(=O)c1c2oc3c(S(=O)(=O)O)c(N)ccc3c(-c3ccccc3C(=O)O)c-2ccc1=N. The van der Waals surface area contributed by atoms with Gasteiger partial charge in [0.2, 0.25) is 10.0 Å². The lowest BCUT2D eigenvalue weighted by molar-refractivity contribution is -0.118. The minimum absolute atomic E-state index is 0.0102. The normalized spacial score (nSPS) is 12.1. The zero-order chi connectivity index (χ0) is 45.0. The number of fused-ring (bicyclic) bond motifs is 2. The third-order valence-electron chi connectivity index (χ3n) is 8.69. The Kier molecular flexibility index (Phi) is 20.8. The Morgan fingerprint density at radius 2 is 1.15 bits per heavy atom. The van der Waals surface area contributed by atoms with Crippen molar-refractivity contribution >= 4 is 48.6 Å². The molecule has 6 N–H and O–H groups in total. The van der Waals surface area contributed by atoms with E-state index in [0.717, 1.165) is 0 Å². The summed E-state index contributed by atoms with van der Waals surface area (Å²) in [6, 6.07) is 10.9. The second kappa shape index (κ2) is 25.6. The average Bonchev–Trinajstić information content (AvgIpc) is 3.21. The molecule has 0 atom stereocenters. The van der Waals surface area contributed by atoms with E-state index >= 15 is 0 Å². The molecule has 1 aliphatic heterocycles. The van der Waals surface area contributed by atoms with E-state index in [2.05, 4.69) is 4.72 Å². The first-order chi connectivity index (χ1) is 29.7. The molecule has 0 saturated heterocycles. The van der Waals surface area contributed by atoms with Crippen molar-refractivity contribution in [3.63, 3.8) is 0 Å². The predicted molar refractivity (Wildman–Crippen MR) is 222 cm³/mol. The first-order valence-corrected chi connectivity index (χ1v) is 22.4. The van der Waals surface area contributed by atoms with Crippen molar-refractivity contribution in [2.45, 2.75) is 23.1 Å². The summed E-state index contributed by atoms with van der Waals surface area (Å²) in [5, 5.41) is 18.0. The molecule has 1 heterocycles. The molecule has 2 aromatic carbocycles. The summed E-state index contributed by atoms with van der Waals surface area (Å²) < 4.78 is 114. The van der Waals surface area contributed by atoms with Gasteiger partial charge in [0, 0.05) is 29.5 Å². The number of carbonyl (C=O) groups excluding carboxylic acids is 1. The van der Waals surface area contributed by atoms with Gasteiger partial charge in [0.05, 0.1) is 122 Å². The largest absolute Gasteiger partial charge is 0.478 e. The van der Waals surface area contributed by atoms with Crippen LogP contribution in [0.5, 0.6) is 0 Å². The third-order valence-corrected chi connectivity index (χ3v) is 11.2. The molecule has 0 aromatic heterocycles. The highest BCUT2D eigenvalue weighted by molar-refractivity contribution is 7.89. The van der Waals surface area contributed by atoms with Gasteiger partial charge in [-0.25, -0.2) is 17.9 Å². The molecule has 62 heavy (non-hydrogen) atoms. The number of carbonyl (C=O) groups is 2. The van der Waals surface area contributed by atoms with Crippen molar-refractivity contribution < 1.29 is 78.4 Å². The summed E-state index contributed by atoms with van der Waals surface area (Å²) in [5.41, 5.74) is 4.98. The lowest BCUT2D eigenvalue weighted by atomic mass is 9.90. The fourth-order valence-electron chi connectivity index (χ4n) is 5.87. The summed E-state index contributed by atoms with van der Waals surface area (Å²) in [6.07, 6.45) is 0.405. The maximum atomic E-state index is 13.7. The van der Waals surface area contributed by atoms with Crippen LogP contribution in [0.2, 0.25) is 0 Å². The Bertz CT molecular complexity index is 2320. The summed E-state index contributed by atoms with van der Waals surface area (Å²) in [6.45, 7) is 6.70. The predicted octanol–water partition coefficient (Wildman–Crippen LogP) is 2.60. The fourth-order valence-corrected chi connectivity index (χ4v) is 7.87. The molecule has 4 rings (SSSR count). The molecular formula is C40H53N3O17S2. The monoisotopic (exact) mass is 911 g/mol. The zero-order valence-corrected chi connectivity index (χ0v) is 35.9. The summed E-state index contributed by atoms with van der Waals surface area (Å²) in [7, 11) is -9.61. The molecule has 2 aromatic rings. The van der Waals surface area contributed by atoms with Crippen LogP contribution in [0.1, 0.15) is 23.7 Å². The second-order valence-electron chi connectivity index (χ2n) is 13.2. The molecule has 0 saturated carbocycles. The quantitative estimate of drug-likeness (QED) is 0.0204. The molecule has 0 amide bonds. The topological polar surface area (TPSA) is 292 Å². The Morgan fingerprint density at radius 1 is 0.661 bits per heavy atom. The van der Waals surface area contributed by atoms with E-state index in [1.54, 1.807) is 6.07 Å². The number of nitrogens with two attached hydrogens (primary N) is 1. The minimum Gasteiger partial charge on any atom is -0.478 e. The third kappa shape index (κ3) is 15.4. The molecule has 342 valence electrons. The lowest BCUT2D eigenvalue weighted by Crippen LogP contribution is -2.32. The second-order valence-corrected chi connectivity index (χ2v) is 16.3. The van der Waals surface area contributed by atoms with Crippen LogP contribution in [-0.4, -0.2) is 151 Å². The van der Waals surface area contributed by atoms with Gasteiger partial charge in [-0.15, -0.1) is 0 Å². The molecule has 0 radical (unpaired) electrons. The molecule has 2 aliphatic rings. The molecule has 0 spiro atoms. The van der Waals surface area contributed by atoms with Gasteiger partial charge in [-0.05, 0) is 42.8 Å². The number of hydrogen-bond acceptors (Lipinski definition) is 17. The van der Waals surface area contributed by atoms with Crippen molar-refractivity contribution in [1.29, 1.82) is 5.41 Å². The Labute approximate surface area is 359 Å². The number of aromatic carboxylic acids is 1. The Hall–Kier alpha value is -4.43. The number of benzene rings is 3. The highest BCUT2D eigenvalue weighted by atomic mass is 32.2. The molecular weight excluding hydrogens is 859 g/mol. The van der Waals surface area contributed by atoms with Crippen LogP contribution in [0.15, 0.2) is 62.7 Å². The first kappa shape index (κ1) is 50.2. The van der Waals surface area contributed by atoms with Gasteiger partial charge in [0.15, 0.2) is 21.1 Å². The van der Waals surface area contributed by atoms with Crippen LogP contribution in [0, 0.1) is 5.41 Å². The van der Waals surface area contributed by atoms with E-state index in [1.165, 1.54) is 49.4 Å². The lowest BCUT2D eigenvalue weighted by Gasteiger charge is -2.20. The number of nitrogens with one attached hydrogen (secondary N) is 2. The number of Topliss-reactive ketones (excluding diaryl/α,β-unsaturated/α-hetero) is 1. The van der Waals surface area contributed by atoms with Crippen molar-refractivity contribution in [3.05, 3.63) is 59.5 Å². The summed E-state index contributed by atoms with van der Waals surface area (Å²) in [5.74, 6) is -1.70. The van der Waals surface area contributed by atoms with Crippen LogP contribution in [0.3, 0.4) is 0 Å². The van der Waals surface area contributed by atoms with Gasteiger partial charge in [-0.2, -0.15) is 8.42 Å². The van der Waals surface area contributed by atoms with Crippen molar-refractivity contribution in [3.8, 4) is 22.5 Å². The van der Waals surface area contributed by atoms with E-state index in [9.17, 15) is 36.1 Å². The van der Waals surface area contributed by atoms with E-state index < -0.39 is 58.3 Å². The number of carboxylic acid groups (broad SMARTS) is 1. The molecule has 0 unspecified atom stereocenters. The van der Waals surface area contributed by atoms with Crippen LogP contribution >= 0.6 is 0 Å². The summed E-state index contributed by atoms with van der Waals surface area (Å²) in [4.78, 5) is 21.6. The number of rotatable bonds is 32. The van der Waals surface area contributed by atoms with E-state index in [4.69, 9.17) is 53.5 Å². The number of hydrogen-bond donors (Lipinski definition) is 5. The Balaban J connectivity index is 1.15. The standard InChI is InChI=1S/C40H53N3O17S2/c1-28(44)10-12-52-14-16-54-18-20-56-22-24-58-26-27-59-25-23-57-21-19-55-17-15-53-13-11-43-61(47,48)38-33(41)8-6-31-35(29-4-2-3-5-30(29)40(45)46)32-7-9-34(42)39(62(49,50)51)37(32)60-36(31)38/h2-9,41,43H,10-27,42H2,1H3,(H,45,46)(H,49,50,51). The Morgan fingerprint density at radius 3 is 1.63 bits per heavy atom. The van der Waals surface area contributed by atoms with Crippen molar-refractivity contribution in [2.24, 2.45) is 0 Å². The number of nitrogen functional groups attached to an aromatic ring is 1. The van der Waals surface area contributed by atoms with Gasteiger partial charge >= 0.3 is 5.97 Å². The van der Waals surface area contributed by atoms with Gasteiger partial charge in [0.1, 0.15) is 5.78 Å². The number of anilines is 1. The highest BCUT2D eigenvalue weighted by Crippen LogP contribution is 2.45. The highest BCUT2D eigenvalue weighted by Gasteiger charge is 2.32. The minimum atomic E-state index is -5.06. The van der Waals surface area contributed by atoms with Gasteiger partial charge < -0.3 is 53.2 Å². The van der Waals surface area contributed by atoms with Gasteiger partial charge in [-0.3, -0.25) is 14.8 Å². The van der Waals surface area contributed by atoms with Crippen LogP contribution in [0.25, 0.3) is 33.4 Å². The molecule has 20 nitrogen and oxygen atoms in total.